The summed E-state index contributed by atoms with van der Waals surface area (Å²) >= 11 is 0. The van der Waals surface area contributed by atoms with Crippen LogP contribution in [0.3, 0.4) is 0 Å². The molecule has 0 aliphatic carbocycles. The van der Waals surface area contributed by atoms with E-state index in [1.165, 1.54) is 24.8 Å². The highest BCUT2D eigenvalue weighted by atomic mass is 16.1. The topological polar surface area (TPSA) is 58.1 Å². The van der Waals surface area contributed by atoms with Gasteiger partial charge in [-0.1, -0.05) is 36.8 Å². The first-order chi connectivity index (χ1) is 12.2. The van der Waals surface area contributed by atoms with Crippen LogP contribution in [-0.4, -0.2) is 28.5 Å². The van der Waals surface area contributed by atoms with Crippen molar-refractivity contribution in [1.82, 2.24) is 15.3 Å². The Kier molecular flexibility index (Phi) is 5.64. The number of anilines is 1. The van der Waals surface area contributed by atoms with E-state index in [0.29, 0.717) is 18.3 Å². The lowest BCUT2D eigenvalue weighted by Crippen LogP contribution is -2.39. The first-order valence-corrected chi connectivity index (χ1v) is 9.10. The van der Waals surface area contributed by atoms with Crippen LogP contribution in [0.4, 0.5) is 5.82 Å². The second-order valence-electron chi connectivity index (χ2n) is 6.68. The monoisotopic (exact) mass is 338 g/mol. The minimum absolute atomic E-state index is 0.190. The van der Waals surface area contributed by atoms with Gasteiger partial charge in [-0.05, 0) is 38.2 Å². The van der Waals surface area contributed by atoms with E-state index in [2.05, 4.69) is 27.1 Å². The Balaban J connectivity index is 1.61. The van der Waals surface area contributed by atoms with E-state index in [-0.39, 0.29) is 5.91 Å². The molecule has 1 aliphatic heterocycles. The Bertz CT molecular complexity index is 697. The first kappa shape index (κ1) is 17.4. The fraction of sp³-hybridized carbons (Fsp3) is 0.450. The zero-order chi connectivity index (χ0) is 17.6. The Hall–Kier alpha value is -2.43. The van der Waals surface area contributed by atoms with Crippen molar-refractivity contribution < 1.29 is 4.79 Å². The number of carbonyl (C=O) groups is 1. The van der Waals surface area contributed by atoms with Crippen molar-refractivity contribution in [2.75, 3.05) is 11.4 Å². The van der Waals surface area contributed by atoms with Crippen molar-refractivity contribution in [1.29, 1.82) is 0 Å². The summed E-state index contributed by atoms with van der Waals surface area (Å²) in [4.78, 5) is 23.4. The highest BCUT2D eigenvalue weighted by Gasteiger charge is 2.22. The Morgan fingerprint density at radius 1 is 1.20 bits per heavy atom. The lowest BCUT2D eigenvalue weighted by atomic mass is 10.0. The van der Waals surface area contributed by atoms with E-state index in [0.717, 1.165) is 24.3 Å². The SMILES string of the molecule is CCC1CCCCN1c1cnc(C(=O)NCc2ccc(C)cc2)cn1. The number of aromatic nitrogens is 2. The van der Waals surface area contributed by atoms with Crippen molar-refractivity contribution in [3.63, 3.8) is 0 Å². The smallest absolute Gasteiger partial charge is 0.271 e. The summed E-state index contributed by atoms with van der Waals surface area (Å²) < 4.78 is 0. The van der Waals surface area contributed by atoms with Gasteiger partial charge in [-0.3, -0.25) is 4.79 Å². The molecular formula is C20H26N4O. The van der Waals surface area contributed by atoms with Crippen LogP contribution in [0.5, 0.6) is 0 Å². The molecule has 25 heavy (non-hydrogen) atoms. The van der Waals surface area contributed by atoms with Gasteiger partial charge < -0.3 is 10.2 Å². The van der Waals surface area contributed by atoms with E-state index < -0.39 is 0 Å². The number of aryl methyl sites for hydroxylation is 1. The van der Waals surface area contributed by atoms with Crippen molar-refractivity contribution in [3.05, 3.63) is 53.5 Å². The summed E-state index contributed by atoms with van der Waals surface area (Å²) in [5, 5.41) is 2.90. The average Bonchev–Trinajstić information content (AvgIpc) is 2.67. The Labute approximate surface area is 149 Å². The zero-order valence-electron chi connectivity index (χ0n) is 15.0. The minimum Gasteiger partial charge on any atom is -0.352 e. The van der Waals surface area contributed by atoms with Gasteiger partial charge in [0.2, 0.25) is 0 Å². The van der Waals surface area contributed by atoms with Crippen LogP contribution in [-0.2, 0) is 6.54 Å². The molecule has 1 aliphatic rings. The Morgan fingerprint density at radius 2 is 2.00 bits per heavy atom. The summed E-state index contributed by atoms with van der Waals surface area (Å²) in [5.41, 5.74) is 2.64. The van der Waals surface area contributed by atoms with E-state index in [9.17, 15) is 4.79 Å². The van der Waals surface area contributed by atoms with Gasteiger partial charge in [0, 0.05) is 19.1 Å². The molecule has 5 heteroatoms. The number of nitrogens with one attached hydrogen (secondary N) is 1. The van der Waals surface area contributed by atoms with Crippen LogP contribution in [0.25, 0.3) is 0 Å². The number of hydrogen-bond donors (Lipinski definition) is 1. The number of piperidine rings is 1. The third-order valence-corrected chi connectivity index (χ3v) is 4.84. The molecule has 3 rings (SSSR count). The number of rotatable bonds is 5. The van der Waals surface area contributed by atoms with Crippen molar-refractivity contribution >= 4 is 11.7 Å². The fourth-order valence-corrected chi connectivity index (χ4v) is 3.29. The molecule has 2 aromatic rings. The lowest BCUT2D eigenvalue weighted by Gasteiger charge is -2.35. The second-order valence-corrected chi connectivity index (χ2v) is 6.68. The summed E-state index contributed by atoms with van der Waals surface area (Å²) in [7, 11) is 0. The molecule has 0 bridgehead atoms. The summed E-state index contributed by atoms with van der Waals surface area (Å²) in [5.74, 6) is 0.687. The van der Waals surface area contributed by atoms with Crippen molar-refractivity contribution in [2.45, 2.75) is 52.1 Å². The predicted octanol–water partition coefficient (Wildman–Crippen LogP) is 3.48. The third-order valence-electron chi connectivity index (χ3n) is 4.84. The predicted molar refractivity (Wildman–Crippen MR) is 99.7 cm³/mol. The van der Waals surface area contributed by atoms with Crippen LogP contribution in [0.15, 0.2) is 36.7 Å². The third kappa shape index (κ3) is 4.35. The van der Waals surface area contributed by atoms with Gasteiger partial charge in [0.25, 0.3) is 5.91 Å². The maximum atomic E-state index is 12.3. The van der Waals surface area contributed by atoms with Crippen molar-refractivity contribution in [3.8, 4) is 0 Å². The summed E-state index contributed by atoms with van der Waals surface area (Å²) in [6, 6.07) is 8.65. The molecule has 1 aromatic heterocycles. The molecule has 1 N–H and O–H groups in total. The van der Waals surface area contributed by atoms with E-state index in [1.54, 1.807) is 12.4 Å². The average molecular weight is 338 g/mol. The molecule has 1 unspecified atom stereocenters. The highest BCUT2D eigenvalue weighted by Crippen LogP contribution is 2.24. The molecule has 132 valence electrons. The van der Waals surface area contributed by atoms with E-state index in [1.807, 2.05) is 31.2 Å². The van der Waals surface area contributed by atoms with Gasteiger partial charge >= 0.3 is 0 Å². The van der Waals surface area contributed by atoms with Crippen molar-refractivity contribution in [2.24, 2.45) is 0 Å². The molecule has 0 radical (unpaired) electrons. The molecule has 0 spiro atoms. The molecular weight excluding hydrogens is 312 g/mol. The number of benzene rings is 1. The standard InChI is InChI=1S/C20H26N4O/c1-3-17-6-4-5-11-24(17)19-14-21-18(13-22-19)20(25)23-12-16-9-7-15(2)8-10-16/h7-10,13-14,17H,3-6,11-12H2,1-2H3,(H,23,25). The number of nitrogens with zero attached hydrogens (tertiary/aromatic N) is 3. The van der Waals surface area contributed by atoms with Crippen LogP contribution in [0, 0.1) is 6.92 Å². The molecule has 1 fully saturated rings. The molecule has 5 nitrogen and oxygen atoms in total. The Morgan fingerprint density at radius 3 is 2.68 bits per heavy atom. The zero-order valence-corrected chi connectivity index (χ0v) is 15.0. The summed E-state index contributed by atoms with van der Waals surface area (Å²) in [6.45, 7) is 5.77. The molecule has 1 aromatic carbocycles. The maximum absolute atomic E-state index is 12.3. The summed E-state index contributed by atoms with van der Waals surface area (Å²) in [6.07, 6.45) is 8.10. The van der Waals surface area contributed by atoms with Gasteiger partial charge in [0.1, 0.15) is 11.5 Å². The quantitative estimate of drug-likeness (QED) is 0.907. The van der Waals surface area contributed by atoms with Crippen LogP contribution in [0.2, 0.25) is 0 Å². The lowest BCUT2D eigenvalue weighted by molar-refractivity contribution is 0.0945. The van der Waals surface area contributed by atoms with E-state index in [4.69, 9.17) is 0 Å². The fourth-order valence-electron chi connectivity index (χ4n) is 3.29. The second kappa shape index (κ2) is 8.10. The van der Waals surface area contributed by atoms with Gasteiger partial charge in [-0.2, -0.15) is 0 Å². The van der Waals surface area contributed by atoms with Gasteiger partial charge in [-0.25, -0.2) is 9.97 Å². The first-order valence-electron chi connectivity index (χ1n) is 9.10. The molecule has 2 heterocycles. The van der Waals surface area contributed by atoms with Gasteiger partial charge in [-0.15, -0.1) is 0 Å². The molecule has 1 atom stereocenters. The van der Waals surface area contributed by atoms with Crippen LogP contribution < -0.4 is 10.2 Å². The van der Waals surface area contributed by atoms with E-state index >= 15 is 0 Å². The number of carbonyl (C=O) groups excluding carboxylic acids is 1. The minimum atomic E-state index is -0.190. The van der Waals surface area contributed by atoms with Crippen LogP contribution in [0.1, 0.15) is 54.2 Å². The van der Waals surface area contributed by atoms with Crippen LogP contribution >= 0.6 is 0 Å². The van der Waals surface area contributed by atoms with Gasteiger partial charge in [0.05, 0.1) is 12.4 Å². The highest BCUT2D eigenvalue weighted by molar-refractivity contribution is 5.91. The maximum Gasteiger partial charge on any atom is 0.271 e. The molecule has 1 saturated heterocycles. The number of amides is 1. The number of hydrogen-bond acceptors (Lipinski definition) is 4. The molecule has 0 saturated carbocycles. The van der Waals surface area contributed by atoms with Gasteiger partial charge in [0.15, 0.2) is 0 Å². The largest absolute Gasteiger partial charge is 0.352 e. The normalized spacial score (nSPS) is 17.4. The molecule has 1 amide bonds.